The number of para-hydroxylation sites is 1. The summed E-state index contributed by atoms with van der Waals surface area (Å²) in [4.78, 5) is 32.7. The lowest BCUT2D eigenvalue weighted by Gasteiger charge is -2.24. The lowest BCUT2D eigenvalue weighted by atomic mass is 10.1. The van der Waals surface area contributed by atoms with Gasteiger partial charge in [0.15, 0.2) is 23.3 Å². The van der Waals surface area contributed by atoms with E-state index >= 15 is 0 Å². The molecule has 202 valence electrons. The third-order valence-corrected chi connectivity index (χ3v) is 7.54. The summed E-state index contributed by atoms with van der Waals surface area (Å²) in [5, 5.41) is 0.614. The lowest BCUT2D eigenvalue weighted by Crippen LogP contribution is -2.32. The molecule has 1 aliphatic heterocycles. The zero-order valence-corrected chi connectivity index (χ0v) is 24.9. The molecule has 3 aromatic rings. The van der Waals surface area contributed by atoms with E-state index in [1.54, 1.807) is 11.8 Å². The molecule has 1 aliphatic rings. The van der Waals surface area contributed by atoms with E-state index in [-0.39, 0.29) is 25.2 Å². The second kappa shape index (κ2) is 13.7. The zero-order chi connectivity index (χ0) is 27.8. The number of carbonyl (C=O) groups excluding carboxylic acids is 2. The Balaban J connectivity index is 1.69. The molecule has 0 radical (unpaired) electrons. The van der Waals surface area contributed by atoms with Crippen molar-refractivity contribution in [3.8, 4) is 11.5 Å². The minimum Gasteiger partial charge on any atom is -0.490 e. The van der Waals surface area contributed by atoms with E-state index < -0.39 is 5.97 Å². The number of benzene rings is 3. The molecule has 0 saturated carbocycles. The number of carbonyl (C=O) groups is 2. The number of thioether (sulfide) groups is 1. The topological polar surface area (TPSA) is 77.4 Å². The number of amidine groups is 1. The van der Waals surface area contributed by atoms with Crippen LogP contribution in [0, 0.1) is 3.57 Å². The van der Waals surface area contributed by atoms with Gasteiger partial charge in [0.25, 0.3) is 5.91 Å². The van der Waals surface area contributed by atoms with Crippen molar-refractivity contribution in [2.75, 3.05) is 19.8 Å². The van der Waals surface area contributed by atoms with E-state index in [0.29, 0.717) is 28.2 Å². The van der Waals surface area contributed by atoms with Crippen molar-refractivity contribution < 1.29 is 23.8 Å². The quantitative estimate of drug-likeness (QED) is 0.133. The molecule has 9 heteroatoms. The van der Waals surface area contributed by atoms with Gasteiger partial charge in [-0.05, 0) is 96.6 Å². The molecule has 1 amide bonds. The summed E-state index contributed by atoms with van der Waals surface area (Å²) < 4.78 is 17.3. The lowest BCUT2D eigenvalue weighted by molar-refractivity contribution is -0.145. The average Bonchev–Trinajstić information content (AvgIpc) is 3.23. The van der Waals surface area contributed by atoms with Gasteiger partial charge in [0.05, 0.1) is 33.4 Å². The predicted molar refractivity (Wildman–Crippen MR) is 163 cm³/mol. The molecule has 7 nitrogen and oxygen atoms in total. The fourth-order valence-corrected chi connectivity index (χ4v) is 5.81. The molecule has 1 saturated heterocycles. The minimum atomic E-state index is -0.451. The van der Waals surface area contributed by atoms with Gasteiger partial charge in [-0.3, -0.25) is 9.69 Å². The first-order valence-electron chi connectivity index (χ1n) is 12.6. The van der Waals surface area contributed by atoms with Crippen LogP contribution in [0.2, 0.25) is 0 Å². The molecule has 0 aromatic heterocycles. The fourth-order valence-electron chi connectivity index (χ4n) is 3.96. The first kappa shape index (κ1) is 28.7. The SMILES string of the molecule is CCOC(=O)COc1c(I)cc(/C=C2/SC(=Nc3ccccc3)N([C@@H](C)c3ccccc3)C2=O)cc1OCC. The van der Waals surface area contributed by atoms with Gasteiger partial charge in [-0.1, -0.05) is 48.5 Å². The van der Waals surface area contributed by atoms with E-state index in [1.165, 1.54) is 11.8 Å². The molecule has 3 aromatic carbocycles. The van der Waals surface area contributed by atoms with Gasteiger partial charge in [-0.15, -0.1) is 0 Å². The number of halogens is 1. The molecule has 1 atom stereocenters. The summed E-state index contributed by atoms with van der Waals surface area (Å²) in [6.45, 7) is 6.10. The molecule has 1 fully saturated rings. The highest BCUT2D eigenvalue weighted by Gasteiger charge is 2.37. The Hall–Kier alpha value is -3.31. The maximum absolute atomic E-state index is 13.8. The smallest absolute Gasteiger partial charge is 0.344 e. The molecule has 1 heterocycles. The van der Waals surface area contributed by atoms with Crippen LogP contribution in [0.3, 0.4) is 0 Å². The number of nitrogens with zero attached hydrogens (tertiary/aromatic N) is 2. The number of amides is 1. The average molecular weight is 657 g/mol. The van der Waals surface area contributed by atoms with Gasteiger partial charge in [0.1, 0.15) is 0 Å². The number of hydrogen-bond donors (Lipinski definition) is 0. The molecule has 0 unspecified atom stereocenters. The van der Waals surface area contributed by atoms with Crippen LogP contribution in [0.4, 0.5) is 5.69 Å². The highest BCUT2D eigenvalue weighted by atomic mass is 127. The third-order valence-electron chi connectivity index (χ3n) is 5.76. The van der Waals surface area contributed by atoms with Crippen molar-refractivity contribution in [1.82, 2.24) is 4.90 Å². The standard InChI is InChI=1S/C30H29IN2O5S/c1-4-36-25-17-21(16-24(31)28(25)38-19-27(34)37-5-2)18-26-29(35)33(20(3)22-12-8-6-9-13-22)30(39-26)32-23-14-10-7-11-15-23/h6-18,20H,4-5,19H2,1-3H3/b26-18+,32-30?/t20-/m0/s1. The van der Waals surface area contributed by atoms with Crippen molar-refractivity contribution in [2.45, 2.75) is 26.8 Å². The summed E-state index contributed by atoms with van der Waals surface area (Å²) in [6, 6.07) is 23.0. The number of aliphatic imine (C=N–C) groups is 1. The molecule has 4 rings (SSSR count). The van der Waals surface area contributed by atoms with E-state index in [4.69, 9.17) is 19.2 Å². The van der Waals surface area contributed by atoms with Gasteiger partial charge < -0.3 is 14.2 Å². The van der Waals surface area contributed by atoms with Crippen LogP contribution in [0.25, 0.3) is 6.08 Å². The molecule has 0 aliphatic carbocycles. The highest BCUT2D eigenvalue weighted by Crippen LogP contribution is 2.41. The van der Waals surface area contributed by atoms with Gasteiger partial charge in [-0.2, -0.15) is 0 Å². The summed E-state index contributed by atoms with van der Waals surface area (Å²) in [6.07, 6.45) is 1.84. The molecule has 0 N–H and O–H groups in total. The Morgan fingerprint density at radius 2 is 1.72 bits per heavy atom. The van der Waals surface area contributed by atoms with Crippen LogP contribution in [0.1, 0.15) is 37.9 Å². The molecule has 0 spiro atoms. The summed E-state index contributed by atoms with van der Waals surface area (Å²) in [5.41, 5.74) is 2.57. The van der Waals surface area contributed by atoms with Gasteiger partial charge in [0, 0.05) is 0 Å². The number of hydrogen-bond acceptors (Lipinski definition) is 7. The second-order valence-corrected chi connectivity index (χ2v) is 10.6. The van der Waals surface area contributed by atoms with Crippen LogP contribution < -0.4 is 9.47 Å². The Labute approximate surface area is 246 Å². The zero-order valence-electron chi connectivity index (χ0n) is 21.9. The fraction of sp³-hybridized carbons (Fsp3) is 0.233. The van der Waals surface area contributed by atoms with Crippen LogP contribution in [-0.2, 0) is 14.3 Å². The first-order valence-corrected chi connectivity index (χ1v) is 14.5. The van der Waals surface area contributed by atoms with Crippen molar-refractivity contribution in [3.05, 3.63) is 92.4 Å². The van der Waals surface area contributed by atoms with E-state index in [9.17, 15) is 9.59 Å². The Bertz CT molecular complexity index is 1380. The predicted octanol–water partition coefficient (Wildman–Crippen LogP) is 7.00. The molecule has 39 heavy (non-hydrogen) atoms. The van der Waals surface area contributed by atoms with Crippen molar-refractivity contribution in [3.63, 3.8) is 0 Å². The first-order chi connectivity index (χ1) is 18.9. The maximum Gasteiger partial charge on any atom is 0.344 e. The summed E-state index contributed by atoms with van der Waals surface area (Å²) >= 11 is 3.48. The molecule has 0 bridgehead atoms. The normalized spacial score (nSPS) is 16.0. The third kappa shape index (κ3) is 7.21. The van der Waals surface area contributed by atoms with Crippen molar-refractivity contribution in [1.29, 1.82) is 0 Å². The number of esters is 1. The van der Waals surface area contributed by atoms with Gasteiger partial charge >= 0.3 is 5.97 Å². The Morgan fingerprint density at radius 1 is 1.03 bits per heavy atom. The summed E-state index contributed by atoms with van der Waals surface area (Å²) in [5.74, 6) is 0.377. The monoisotopic (exact) mass is 656 g/mol. The number of ether oxygens (including phenoxy) is 3. The van der Waals surface area contributed by atoms with Crippen LogP contribution in [-0.4, -0.2) is 41.8 Å². The second-order valence-electron chi connectivity index (χ2n) is 8.46. The van der Waals surface area contributed by atoms with E-state index in [2.05, 4.69) is 22.6 Å². The highest BCUT2D eigenvalue weighted by molar-refractivity contribution is 14.1. The van der Waals surface area contributed by atoms with Crippen LogP contribution in [0.5, 0.6) is 11.5 Å². The van der Waals surface area contributed by atoms with Gasteiger partial charge in [0.2, 0.25) is 0 Å². The summed E-state index contributed by atoms with van der Waals surface area (Å²) in [7, 11) is 0. The maximum atomic E-state index is 13.8. The molecular weight excluding hydrogens is 627 g/mol. The van der Waals surface area contributed by atoms with Crippen LogP contribution >= 0.6 is 34.4 Å². The number of rotatable bonds is 10. The minimum absolute atomic E-state index is 0.123. The van der Waals surface area contributed by atoms with Crippen LogP contribution in [0.15, 0.2) is 82.7 Å². The Kier molecular flexibility index (Phi) is 10.0. The Morgan fingerprint density at radius 3 is 2.38 bits per heavy atom. The van der Waals surface area contributed by atoms with Crippen molar-refractivity contribution >= 4 is 63.2 Å². The van der Waals surface area contributed by atoms with E-state index in [0.717, 1.165) is 20.4 Å². The van der Waals surface area contributed by atoms with Gasteiger partial charge in [-0.25, -0.2) is 9.79 Å². The molecular formula is C30H29IN2O5S. The van der Waals surface area contributed by atoms with Crippen molar-refractivity contribution in [2.24, 2.45) is 4.99 Å². The largest absolute Gasteiger partial charge is 0.490 e. The van der Waals surface area contributed by atoms with E-state index in [1.807, 2.05) is 92.7 Å².